The number of nitrogens with zero attached hydrogens (tertiary/aromatic N) is 3. The molecule has 0 bridgehead atoms. The van der Waals surface area contributed by atoms with Gasteiger partial charge in [-0.05, 0) is 38.3 Å². The van der Waals surface area contributed by atoms with Gasteiger partial charge in [0.05, 0.1) is 24.3 Å². The summed E-state index contributed by atoms with van der Waals surface area (Å²) < 4.78 is 5.71. The van der Waals surface area contributed by atoms with Gasteiger partial charge in [-0.1, -0.05) is 6.92 Å². The standard InChI is InChI=1S/C19H29N5O2/c1-3-13(12-25)22-19-16(9-20)15-6-7-24(2)11-17(15)18(23-19)21-10-14-5-4-8-26-14/h13-14,25H,3-8,10-12H2,1-2H3,(H2,21,22,23). The summed E-state index contributed by atoms with van der Waals surface area (Å²) in [5.41, 5.74) is 2.80. The lowest BCUT2D eigenvalue weighted by molar-refractivity contribution is 0.120. The smallest absolute Gasteiger partial charge is 0.146 e. The highest BCUT2D eigenvalue weighted by Crippen LogP contribution is 2.32. The van der Waals surface area contributed by atoms with Crippen LogP contribution in [-0.4, -0.2) is 60.5 Å². The molecule has 2 atom stereocenters. The van der Waals surface area contributed by atoms with Crippen LogP contribution in [0.2, 0.25) is 0 Å². The number of aromatic nitrogens is 1. The van der Waals surface area contributed by atoms with Crippen LogP contribution in [-0.2, 0) is 17.7 Å². The fourth-order valence-corrected chi connectivity index (χ4v) is 3.63. The number of nitriles is 1. The number of aliphatic hydroxyl groups is 1. The summed E-state index contributed by atoms with van der Waals surface area (Å²) >= 11 is 0. The number of anilines is 2. The SMILES string of the molecule is CCC(CO)Nc1nc(NCC2CCCO2)c2c(c1C#N)CCN(C)C2. The minimum atomic E-state index is -0.107. The summed E-state index contributed by atoms with van der Waals surface area (Å²) in [5.74, 6) is 1.41. The second-order valence-corrected chi connectivity index (χ2v) is 7.19. The Bertz CT molecular complexity index is 663. The Hall–Kier alpha value is -1.88. The van der Waals surface area contributed by atoms with Crippen molar-refractivity contribution >= 4 is 11.6 Å². The van der Waals surface area contributed by atoms with Gasteiger partial charge in [-0.15, -0.1) is 0 Å². The molecule has 0 saturated carbocycles. The van der Waals surface area contributed by atoms with E-state index in [1.807, 2.05) is 6.92 Å². The molecule has 2 unspecified atom stereocenters. The molecule has 0 spiro atoms. The molecule has 7 heteroatoms. The third-order valence-electron chi connectivity index (χ3n) is 5.27. The molecule has 26 heavy (non-hydrogen) atoms. The van der Waals surface area contributed by atoms with Crippen molar-refractivity contribution < 1.29 is 9.84 Å². The summed E-state index contributed by atoms with van der Waals surface area (Å²) in [7, 11) is 2.09. The number of hydrogen-bond acceptors (Lipinski definition) is 7. The number of pyridine rings is 1. The molecule has 0 radical (unpaired) electrons. The van der Waals surface area contributed by atoms with Crippen LogP contribution < -0.4 is 10.6 Å². The number of hydrogen-bond donors (Lipinski definition) is 3. The maximum absolute atomic E-state index is 9.75. The zero-order valence-corrected chi connectivity index (χ0v) is 15.7. The van der Waals surface area contributed by atoms with Crippen LogP contribution in [0.15, 0.2) is 0 Å². The molecule has 0 amide bonds. The predicted octanol–water partition coefficient (Wildman–Crippen LogP) is 1.71. The van der Waals surface area contributed by atoms with E-state index < -0.39 is 0 Å². The molecule has 3 rings (SSSR count). The second kappa shape index (κ2) is 8.67. The van der Waals surface area contributed by atoms with Gasteiger partial charge in [-0.25, -0.2) is 4.98 Å². The average molecular weight is 359 g/mol. The van der Waals surface area contributed by atoms with E-state index in [0.29, 0.717) is 11.4 Å². The predicted molar refractivity (Wildman–Crippen MR) is 101 cm³/mol. The Morgan fingerprint density at radius 1 is 1.42 bits per heavy atom. The quantitative estimate of drug-likeness (QED) is 0.682. The van der Waals surface area contributed by atoms with Gasteiger partial charge in [-0.2, -0.15) is 5.26 Å². The molecule has 0 aromatic carbocycles. The van der Waals surface area contributed by atoms with E-state index in [0.717, 1.165) is 68.9 Å². The van der Waals surface area contributed by atoms with Gasteiger partial charge in [0.1, 0.15) is 17.7 Å². The largest absolute Gasteiger partial charge is 0.394 e. The fraction of sp³-hybridized carbons (Fsp3) is 0.684. The molecule has 1 aromatic heterocycles. The Balaban J connectivity index is 1.93. The van der Waals surface area contributed by atoms with E-state index in [9.17, 15) is 10.4 Å². The average Bonchev–Trinajstić information content (AvgIpc) is 3.17. The lowest BCUT2D eigenvalue weighted by Gasteiger charge is -2.29. The number of rotatable bonds is 7. The van der Waals surface area contributed by atoms with Gasteiger partial charge in [-0.3, -0.25) is 0 Å². The van der Waals surface area contributed by atoms with Crippen molar-refractivity contribution in [1.29, 1.82) is 5.26 Å². The number of ether oxygens (including phenoxy) is 1. The Kier molecular flexibility index (Phi) is 6.30. The Morgan fingerprint density at radius 2 is 2.27 bits per heavy atom. The minimum absolute atomic E-state index is 0.0154. The molecule has 3 N–H and O–H groups in total. The van der Waals surface area contributed by atoms with E-state index in [4.69, 9.17) is 9.72 Å². The highest BCUT2D eigenvalue weighted by molar-refractivity contribution is 5.66. The topological polar surface area (TPSA) is 93.4 Å². The van der Waals surface area contributed by atoms with E-state index in [-0.39, 0.29) is 18.8 Å². The van der Waals surface area contributed by atoms with Crippen molar-refractivity contribution in [2.45, 2.75) is 51.3 Å². The van der Waals surface area contributed by atoms with E-state index in [1.54, 1.807) is 0 Å². The van der Waals surface area contributed by atoms with Crippen molar-refractivity contribution in [1.82, 2.24) is 9.88 Å². The van der Waals surface area contributed by atoms with Crippen LogP contribution in [0.25, 0.3) is 0 Å². The lowest BCUT2D eigenvalue weighted by Crippen LogP contribution is -2.31. The van der Waals surface area contributed by atoms with Crippen molar-refractivity contribution in [2.24, 2.45) is 0 Å². The monoisotopic (exact) mass is 359 g/mol. The van der Waals surface area contributed by atoms with E-state index >= 15 is 0 Å². The van der Waals surface area contributed by atoms with Crippen LogP contribution in [0.3, 0.4) is 0 Å². The first kappa shape index (κ1) is 18.9. The molecule has 2 aliphatic rings. The van der Waals surface area contributed by atoms with Crippen LogP contribution in [0.1, 0.15) is 42.9 Å². The summed E-state index contributed by atoms with van der Waals surface area (Å²) in [6.45, 7) is 5.28. The van der Waals surface area contributed by atoms with Crippen LogP contribution >= 0.6 is 0 Å². The minimum Gasteiger partial charge on any atom is -0.394 e. The molecule has 1 saturated heterocycles. The molecule has 0 aliphatic carbocycles. The number of likely N-dealkylation sites (N-methyl/N-ethyl adjacent to an activating group) is 1. The van der Waals surface area contributed by atoms with Crippen LogP contribution in [0.5, 0.6) is 0 Å². The molecule has 7 nitrogen and oxygen atoms in total. The molecule has 3 heterocycles. The van der Waals surface area contributed by atoms with Gasteiger partial charge in [0.15, 0.2) is 0 Å². The fourth-order valence-electron chi connectivity index (χ4n) is 3.63. The molecule has 2 aliphatic heterocycles. The molecule has 1 aromatic rings. The number of nitrogens with one attached hydrogen (secondary N) is 2. The van der Waals surface area contributed by atoms with Crippen molar-refractivity contribution in [3.8, 4) is 6.07 Å². The van der Waals surface area contributed by atoms with Crippen molar-refractivity contribution in [2.75, 3.05) is 44.0 Å². The summed E-state index contributed by atoms with van der Waals surface area (Å²) in [6, 6.07) is 2.23. The highest BCUT2D eigenvalue weighted by Gasteiger charge is 2.26. The zero-order valence-electron chi connectivity index (χ0n) is 15.7. The maximum Gasteiger partial charge on any atom is 0.146 e. The number of aliphatic hydroxyl groups excluding tert-OH is 1. The van der Waals surface area contributed by atoms with Gasteiger partial charge in [0, 0.05) is 31.8 Å². The summed E-state index contributed by atoms with van der Waals surface area (Å²) in [6.07, 6.45) is 3.99. The maximum atomic E-state index is 9.75. The normalized spacial score (nSPS) is 21.1. The van der Waals surface area contributed by atoms with Gasteiger partial charge >= 0.3 is 0 Å². The van der Waals surface area contributed by atoms with Crippen LogP contribution in [0, 0.1) is 11.3 Å². The Morgan fingerprint density at radius 3 is 2.92 bits per heavy atom. The van der Waals surface area contributed by atoms with Crippen molar-refractivity contribution in [3.63, 3.8) is 0 Å². The Labute approximate surface area is 155 Å². The first-order chi connectivity index (χ1) is 12.7. The van der Waals surface area contributed by atoms with Gasteiger partial charge in [0.2, 0.25) is 0 Å². The molecular weight excluding hydrogens is 330 g/mol. The highest BCUT2D eigenvalue weighted by atomic mass is 16.5. The third kappa shape index (κ3) is 4.09. The molecule has 1 fully saturated rings. The summed E-state index contributed by atoms with van der Waals surface area (Å²) in [5, 5.41) is 26.0. The van der Waals surface area contributed by atoms with E-state index in [1.165, 1.54) is 0 Å². The zero-order chi connectivity index (χ0) is 18.5. The molecule has 142 valence electrons. The molecular formula is C19H29N5O2. The van der Waals surface area contributed by atoms with Crippen molar-refractivity contribution in [3.05, 3.63) is 16.7 Å². The number of fused-ring (bicyclic) bond motifs is 1. The first-order valence-corrected chi connectivity index (χ1v) is 9.53. The van der Waals surface area contributed by atoms with Gasteiger partial charge < -0.3 is 25.4 Å². The van der Waals surface area contributed by atoms with Crippen LogP contribution in [0.4, 0.5) is 11.6 Å². The third-order valence-corrected chi connectivity index (χ3v) is 5.27. The lowest BCUT2D eigenvalue weighted by atomic mass is 9.95. The van der Waals surface area contributed by atoms with E-state index in [2.05, 4.69) is 28.7 Å². The second-order valence-electron chi connectivity index (χ2n) is 7.19. The first-order valence-electron chi connectivity index (χ1n) is 9.53. The summed E-state index contributed by atoms with van der Waals surface area (Å²) in [4.78, 5) is 7.00. The van der Waals surface area contributed by atoms with Gasteiger partial charge in [0.25, 0.3) is 0 Å².